The summed E-state index contributed by atoms with van der Waals surface area (Å²) in [6.45, 7) is 9.08. The molecular formula is C21H22FN7O2S. The van der Waals surface area contributed by atoms with Crippen molar-refractivity contribution in [1.82, 2.24) is 19.7 Å². The molecule has 3 aromatic rings. The molecule has 0 bridgehead atoms. The van der Waals surface area contributed by atoms with Gasteiger partial charge in [0.2, 0.25) is 21.7 Å². The van der Waals surface area contributed by atoms with E-state index in [-0.39, 0.29) is 17.3 Å². The van der Waals surface area contributed by atoms with Gasteiger partial charge in [-0.2, -0.15) is 4.39 Å². The largest absolute Gasteiger partial charge is 0.380 e. The van der Waals surface area contributed by atoms with Gasteiger partial charge in [-0.15, -0.1) is 10.2 Å². The summed E-state index contributed by atoms with van der Waals surface area (Å²) in [5.74, 6) is 0.564. The summed E-state index contributed by atoms with van der Waals surface area (Å²) in [7, 11) is -1.66. The van der Waals surface area contributed by atoms with E-state index in [2.05, 4.69) is 29.6 Å². The average Bonchev–Trinajstić information content (AvgIpc) is 3.19. The van der Waals surface area contributed by atoms with E-state index in [1.165, 1.54) is 12.3 Å². The fourth-order valence-electron chi connectivity index (χ4n) is 4.09. The summed E-state index contributed by atoms with van der Waals surface area (Å²) < 4.78 is 41.5. The zero-order valence-corrected chi connectivity index (χ0v) is 18.5. The maximum Gasteiger partial charge on any atom is 0.233 e. The second-order valence-electron chi connectivity index (χ2n) is 7.77. The highest BCUT2D eigenvalue weighted by Crippen LogP contribution is 2.45. The average molecular weight is 456 g/mol. The van der Waals surface area contributed by atoms with Crippen molar-refractivity contribution in [3.05, 3.63) is 60.0 Å². The van der Waals surface area contributed by atoms with E-state index >= 15 is 0 Å². The van der Waals surface area contributed by atoms with Gasteiger partial charge in [-0.1, -0.05) is 6.07 Å². The molecule has 0 spiro atoms. The third-order valence-electron chi connectivity index (χ3n) is 5.52. The van der Waals surface area contributed by atoms with E-state index in [1.807, 2.05) is 11.6 Å². The number of benzene rings is 1. The highest BCUT2D eigenvalue weighted by Gasteiger charge is 2.28. The van der Waals surface area contributed by atoms with Gasteiger partial charge in [-0.25, -0.2) is 18.2 Å². The number of nitrogens with zero attached hydrogens (tertiary/aromatic N) is 6. The van der Waals surface area contributed by atoms with Crippen LogP contribution in [0.25, 0.3) is 16.0 Å². The van der Waals surface area contributed by atoms with Gasteiger partial charge in [0.15, 0.2) is 0 Å². The van der Waals surface area contributed by atoms with Gasteiger partial charge < -0.3 is 9.47 Å². The van der Waals surface area contributed by atoms with Gasteiger partial charge >= 0.3 is 0 Å². The van der Waals surface area contributed by atoms with Crippen molar-refractivity contribution in [2.24, 2.45) is 7.05 Å². The van der Waals surface area contributed by atoms with Gasteiger partial charge in [-0.3, -0.25) is 4.72 Å². The van der Waals surface area contributed by atoms with Crippen LogP contribution < -0.4 is 9.62 Å². The lowest BCUT2D eigenvalue weighted by Crippen LogP contribution is -2.34. The molecule has 166 valence electrons. The van der Waals surface area contributed by atoms with Gasteiger partial charge in [-0.05, 0) is 36.6 Å². The predicted octanol–water partition coefficient (Wildman–Crippen LogP) is 3.32. The molecule has 0 aliphatic carbocycles. The molecule has 0 amide bonds. The first-order chi connectivity index (χ1) is 15.3. The Hall–Kier alpha value is -3.52. The van der Waals surface area contributed by atoms with Crippen LogP contribution in [0.3, 0.4) is 0 Å². The zero-order valence-electron chi connectivity index (χ0n) is 17.7. The molecule has 1 saturated heterocycles. The molecule has 0 saturated carbocycles. The van der Waals surface area contributed by atoms with Crippen LogP contribution in [0.1, 0.15) is 24.6 Å². The molecule has 1 aliphatic heterocycles. The second kappa shape index (κ2) is 8.55. The molecular weight excluding hydrogens is 433 g/mol. The normalized spacial score (nSPS) is 14.9. The maximum absolute atomic E-state index is 13.4. The number of rotatable bonds is 5. The van der Waals surface area contributed by atoms with E-state index in [1.54, 1.807) is 24.5 Å². The Labute approximate surface area is 185 Å². The Bertz CT molecular complexity index is 1270. The molecule has 1 fully saturated rings. The number of hydrogen-bond acceptors (Lipinski definition) is 6. The summed E-state index contributed by atoms with van der Waals surface area (Å²) in [5, 5.41) is 8.19. The predicted molar refractivity (Wildman–Crippen MR) is 120 cm³/mol. The number of nitrogens with one attached hydrogen (secondary N) is 1. The lowest BCUT2D eigenvalue weighted by Gasteiger charge is -2.35. The molecule has 32 heavy (non-hydrogen) atoms. The molecule has 0 unspecified atom stereocenters. The van der Waals surface area contributed by atoms with Crippen LogP contribution in [0.5, 0.6) is 0 Å². The quantitative estimate of drug-likeness (QED) is 0.468. The first kappa shape index (κ1) is 21.7. The first-order valence-corrected chi connectivity index (χ1v) is 11.9. The van der Waals surface area contributed by atoms with Crippen LogP contribution >= 0.6 is 0 Å². The lowest BCUT2D eigenvalue weighted by atomic mass is 9.93. The number of sulfonamides is 1. The van der Waals surface area contributed by atoms with Crippen molar-refractivity contribution in [3.8, 4) is 11.1 Å². The highest BCUT2D eigenvalue weighted by atomic mass is 32.2. The topological polar surface area (TPSA) is 97.4 Å². The number of piperidine rings is 1. The Kier molecular flexibility index (Phi) is 5.80. The van der Waals surface area contributed by atoms with E-state index in [4.69, 9.17) is 6.57 Å². The van der Waals surface area contributed by atoms with Gasteiger partial charge in [0.25, 0.3) is 0 Å². The number of halogens is 1. The molecule has 3 heterocycles. The van der Waals surface area contributed by atoms with E-state index in [0.29, 0.717) is 29.9 Å². The summed E-state index contributed by atoms with van der Waals surface area (Å²) in [6, 6.07) is 6.16. The van der Waals surface area contributed by atoms with Crippen LogP contribution in [0.2, 0.25) is 0 Å². The summed E-state index contributed by atoms with van der Waals surface area (Å²) in [4.78, 5) is 9.50. The Morgan fingerprint density at radius 2 is 1.97 bits per heavy atom. The van der Waals surface area contributed by atoms with Crippen LogP contribution in [-0.2, 0) is 17.1 Å². The van der Waals surface area contributed by atoms with Crippen molar-refractivity contribution >= 4 is 27.1 Å². The van der Waals surface area contributed by atoms with Crippen LogP contribution in [0.4, 0.5) is 21.5 Å². The molecule has 1 aliphatic rings. The molecule has 9 nitrogen and oxygen atoms in total. The van der Waals surface area contributed by atoms with Crippen LogP contribution in [-0.4, -0.2) is 47.5 Å². The second-order valence-corrected chi connectivity index (χ2v) is 9.52. The minimum Gasteiger partial charge on any atom is -0.380 e. The number of anilines is 2. The lowest BCUT2D eigenvalue weighted by molar-refractivity contribution is 0.474. The Balaban J connectivity index is 1.76. The molecule has 1 N–H and O–H groups in total. The van der Waals surface area contributed by atoms with Crippen molar-refractivity contribution < 1.29 is 12.8 Å². The van der Waals surface area contributed by atoms with Crippen LogP contribution in [0, 0.1) is 12.5 Å². The third kappa shape index (κ3) is 4.40. The molecule has 1 aromatic carbocycles. The minimum atomic E-state index is -3.58. The summed E-state index contributed by atoms with van der Waals surface area (Å²) in [6.07, 6.45) is 5.74. The molecule has 4 rings (SSSR count). The summed E-state index contributed by atoms with van der Waals surface area (Å²) >= 11 is 0. The van der Waals surface area contributed by atoms with Crippen molar-refractivity contribution in [2.75, 3.05) is 29.0 Å². The zero-order chi connectivity index (χ0) is 22.9. The van der Waals surface area contributed by atoms with Gasteiger partial charge in [0, 0.05) is 37.8 Å². The SMILES string of the molecule is [C-]#[N+]c1c(NS(C)(=O)=O)ccc(-c2ccc(F)nc2)c1N1CCC(c2nncn2C)CC1. The number of aryl methyl sites for hydroxylation is 1. The van der Waals surface area contributed by atoms with Crippen molar-refractivity contribution in [3.63, 3.8) is 0 Å². The summed E-state index contributed by atoms with van der Waals surface area (Å²) in [5.41, 5.74) is 2.37. The Morgan fingerprint density at radius 3 is 2.53 bits per heavy atom. The monoisotopic (exact) mass is 455 g/mol. The first-order valence-electron chi connectivity index (χ1n) is 10.00. The third-order valence-corrected chi connectivity index (χ3v) is 6.11. The molecule has 0 atom stereocenters. The number of aromatic nitrogens is 4. The number of pyridine rings is 1. The maximum atomic E-state index is 13.4. The van der Waals surface area contributed by atoms with E-state index in [0.717, 1.165) is 24.9 Å². The van der Waals surface area contributed by atoms with Crippen molar-refractivity contribution in [2.45, 2.75) is 18.8 Å². The number of hydrogen-bond donors (Lipinski definition) is 1. The van der Waals surface area contributed by atoms with E-state index < -0.39 is 16.0 Å². The van der Waals surface area contributed by atoms with Crippen molar-refractivity contribution in [1.29, 1.82) is 0 Å². The Morgan fingerprint density at radius 1 is 1.22 bits per heavy atom. The molecule has 11 heteroatoms. The van der Waals surface area contributed by atoms with Gasteiger partial charge in [0.05, 0.1) is 24.2 Å². The smallest absolute Gasteiger partial charge is 0.233 e. The van der Waals surface area contributed by atoms with Gasteiger partial charge in [0.1, 0.15) is 12.2 Å². The highest BCUT2D eigenvalue weighted by molar-refractivity contribution is 7.92. The fraction of sp³-hybridized carbons (Fsp3) is 0.333. The fourth-order valence-corrected chi connectivity index (χ4v) is 4.65. The standard InChI is InChI=1S/C21H22FN7O2S/c1-23-19-17(27-32(3,30)31)6-5-16(15-4-7-18(22)24-12-15)20(19)29-10-8-14(9-11-29)21-26-25-13-28(21)2/h4-7,12-14,27H,8-11H2,2-3H3. The molecule has 2 aromatic heterocycles. The van der Waals surface area contributed by atoms with E-state index in [9.17, 15) is 12.8 Å². The van der Waals surface area contributed by atoms with Crippen LogP contribution in [0.15, 0.2) is 36.8 Å². The minimum absolute atomic E-state index is 0.203. The molecule has 0 radical (unpaired) electrons.